The molecule has 25 heavy (non-hydrogen) atoms. The third-order valence-electron chi connectivity index (χ3n) is 3.97. The van der Waals surface area contributed by atoms with Gasteiger partial charge >= 0.3 is 12.3 Å². The summed E-state index contributed by atoms with van der Waals surface area (Å²) in [7, 11) is 0. The van der Waals surface area contributed by atoms with Gasteiger partial charge in [0.15, 0.2) is 5.69 Å². The lowest BCUT2D eigenvalue weighted by Gasteiger charge is -2.34. The van der Waals surface area contributed by atoms with E-state index in [-0.39, 0.29) is 18.9 Å². The Labute approximate surface area is 143 Å². The second-order valence-electron chi connectivity index (χ2n) is 5.71. The minimum absolute atomic E-state index is 0.0548. The summed E-state index contributed by atoms with van der Waals surface area (Å²) in [6, 6.07) is 0.961. The number of carbonyl (C=O) groups excluding carboxylic acids is 2. The summed E-state index contributed by atoms with van der Waals surface area (Å²) in [5.41, 5.74) is -0.604. The van der Waals surface area contributed by atoms with E-state index >= 15 is 0 Å². The van der Waals surface area contributed by atoms with Gasteiger partial charge in [-0.3, -0.25) is 9.48 Å². The van der Waals surface area contributed by atoms with Crippen molar-refractivity contribution in [2.24, 2.45) is 0 Å². The molecule has 7 nitrogen and oxygen atoms in total. The van der Waals surface area contributed by atoms with E-state index in [4.69, 9.17) is 4.74 Å². The van der Waals surface area contributed by atoms with Crippen LogP contribution < -0.4 is 0 Å². The smallest absolute Gasteiger partial charge is 0.435 e. The molecule has 0 aromatic carbocycles. The summed E-state index contributed by atoms with van der Waals surface area (Å²) in [5.74, 6) is -0.174. The molecule has 0 atom stereocenters. The zero-order valence-electron chi connectivity index (χ0n) is 14.2. The van der Waals surface area contributed by atoms with Gasteiger partial charge in [-0.2, -0.15) is 18.3 Å². The molecule has 1 saturated heterocycles. The summed E-state index contributed by atoms with van der Waals surface area (Å²) in [4.78, 5) is 26.9. The SMILES string of the molecule is CCOC(=O)N1CCN(C(=O)CCn2nc(C(F)(F)F)cc2C)CC1. The number of amides is 2. The predicted molar refractivity (Wildman–Crippen MR) is 81.8 cm³/mol. The van der Waals surface area contributed by atoms with Crippen molar-refractivity contribution in [1.29, 1.82) is 0 Å². The number of aryl methyl sites for hydroxylation is 2. The molecule has 2 amide bonds. The molecule has 2 rings (SSSR count). The van der Waals surface area contributed by atoms with Gasteiger partial charge in [0.2, 0.25) is 5.91 Å². The number of ether oxygens (including phenoxy) is 1. The van der Waals surface area contributed by atoms with E-state index in [1.54, 1.807) is 11.8 Å². The first-order valence-electron chi connectivity index (χ1n) is 8.03. The van der Waals surface area contributed by atoms with Gasteiger partial charge in [-0.1, -0.05) is 0 Å². The molecular weight excluding hydrogens is 341 g/mol. The van der Waals surface area contributed by atoms with E-state index in [0.717, 1.165) is 6.07 Å². The molecule has 140 valence electrons. The monoisotopic (exact) mass is 362 g/mol. The lowest BCUT2D eigenvalue weighted by molar-refractivity contribution is -0.141. The Hall–Kier alpha value is -2.26. The van der Waals surface area contributed by atoms with Crippen molar-refractivity contribution in [2.75, 3.05) is 32.8 Å². The van der Waals surface area contributed by atoms with E-state index in [0.29, 0.717) is 38.5 Å². The van der Waals surface area contributed by atoms with Crippen molar-refractivity contribution < 1.29 is 27.5 Å². The number of halogens is 3. The number of alkyl halides is 3. The molecule has 10 heteroatoms. The topological polar surface area (TPSA) is 67.7 Å². The van der Waals surface area contributed by atoms with Gasteiger partial charge in [0.25, 0.3) is 0 Å². The van der Waals surface area contributed by atoms with Gasteiger partial charge in [-0.05, 0) is 19.9 Å². The second-order valence-corrected chi connectivity index (χ2v) is 5.71. The van der Waals surface area contributed by atoms with Crippen LogP contribution in [0.5, 0.6) is 0 Å². The van der Waals surface area contributed by atoms with E-state index in [1.165, 1.54) is 16.5 Å². The first kappa shape index (κ1) is 19.1. The highest BCUT2D eigenvalue weighted by atomic mass is 19.4. The quantitative estimate of drug-likeness (QED) is 0.821. The van der Waals surface area contributed by atoms with Gasteiger partial charge in [-0.25, -0.2) is 4.79 Å². The average molecular weight is 362 g/mol. The number of aromatic nitrogens is 2. The highest BCUT2D eigenvalue weighted by Gasteiger charge is 2.34. The fourth-order valence-electron chi connectivity index (χ4n) is 2.59. The molecule has 2 heterocycles. The Balaban J connectivity index is 1.84. The molecule has 0 unspecified atom stereocenters. The lowest BCUT2D eigenvalue weighted by Crippen LogP contribution is -2.50. The minimum atomic E-state index is -4.50. The molecular formula is C15H21F3N4O3. The summed E-state index contributed by atoms with van der Waals surface area (Å²) in [6.07, 6.45) is -4.84. The van der Waals surface area contributed by atoms with E-state index in [2.05, 4.69) is 5.10 Å². The van der Waals surface area contributed by atoms with Crippen LogP contribution in [-0.4, -0.2) is 64.4 Å². The van der Waals surface area contributed by atoms with Crippen LogP contribution in [0.2, 0.25) is 0 Å². The number of carbonyl (C=O) groups is 2. The van der Waals surface area contributed by atoms with E-state index in [9.17, 15) is 22.8 Å². The molecule has 1 aliphatic heterocycles. The number of nitrogens with zero attached hydrogens (tertiary/aromatic N) is 4. The molecule has 0 N–H and O–H groups in total. The van der Waals surface area contributed by atoms with Crippen LogP contribution in [0.25, 0.3) is 0 Å². The molecule has 0 aliphatic carbocycles. The standard InChI is InChI=1S/C15H21F3N4O3/c1-3-25-14(24)21-8-6-20(7-9-21)13(23)4-5-22-11(2)10-12(19-22)15(16,17)18/h10H,3-9H2,1-2H3. The fourth-order valence-corrected chi connectivity index (χ4v) is 2.59. The third kappa shape index (κ3) is 4.86. The van der Waals surface area contributed by atoms with Crippen LogP contribution >= 0.6 is 0 Å². The molecule has 1 aromatic heterocycles. The lowest BCUT2D eigenvalue weighted by atomic mass is 10.3. The zero-order valence-corrected chi connectivity index (χ0v) is 14.2. The van der Waals surface area contributed by atoms with Gasteiger partial charge in [0.05, 0.1) is 6.61 Å². The molecule has 0 spiro atoms. The number of piperazine rings is 1. The number of hydrogen-bond acceptors (Lipinski definition) is 4. The van der Waals surface area contributed by atoms with Crippen molar-refractivity contribution >= 4 is 12.0 Å². The third-order valence-corrected chi connectivity index (χ3v) is 3.97. The summed E-state index contributed by atoms with van der Waals surface area (Å²) in [5, 5.41) is 3.51. The Morgan fingerprint density at radius 3 is 2.32 bits per heavy atom. The maximum absolute atomic E-state index is 12.6. The Kier molecular flexibility index (Phi) is 5.91. The Bertz CT molecular complexity index is 622. The van der Waals surface area contributed by atoms with Crippen molar-refractivity contribution in [3.63, 3.8) is 0 Å². The highest BCUT2D eigenvalue weighted by molar-refractivity contribution is 5.76. The van der Waals surface area contributed by atoms with Gasteiger partial charge < -0.3 is 14.5 Å². The predicted octanol–water partition coefficient (Wildman–Crippen LogP) is 1.90. The second kappa shape index (κ2) is 7.75. The maximum atomic E-state index is 12.6. The normalized spacial score (nSPS) is 15.4. The number of hydrogen-bond donors (Lipinski definition) is 0. The fraction of sp³-hybridized carbons (Fsp3) is 0.667. The summed E-state index contributed by atoms with van der Waals surface area (Å²) in [6.45, 7) is 5.13. The van der Waals surface area contributed by atoms with Crippen molar-refractivity contribution in [1.82, 2.24) is 19.6 Å². The molecule has 1 aromatic rings. The molecule has 0 radical (unpaired) electrons. The highest BCUT2D eigenvalue weighted by Crippen LogP contribution is 2.28. The largest absolute Gasteiger partial charge is 0.450 e. The van der Waals surface area contributed by atoms with Crippen LogP contribution in [0.1, 0.15) is 24.7 Å². The van der Waals surface area contributed by atoms with E-state index < -0.39 is 18.0 Å². The zero-order chi connectivity index (χ0) is 18.6. The van der Waals surface area contributed by atoms with Crippen molar-refractivity contribution in [3.8, 4) is 0 Å². The summed E-state index contributed by atoms with van der Waals surface area (Å²) >= 11 is 0. The molecule has 0 saturated carbocycles. The first-order chi connectivity index (χ1) is 11.7. The maximum Gasteiger partial charge on any atom is 0.435 e. The van der Waals surface area contributed by atoms with Gasteiger partial charge in [0.1, 0.15) is 0 Å². The first-order valence-corrected chi connectivity index (χ1v) is 8.03. The van der Waals surface area contributed by atoms with Crippen molar-refractivity contribution in [3.05, 3.63) is 17.5 Å². The molecule has 1 fully saturated rings. The van der Waals surface area contributed by atoms with Crippen molar-refractivity contribution in [2.45, 2.75) is 33.0 Å². The number of rotatable bonds is 4. The van der Waals surface area contributed by atoms with Crippen LogP contribution in [0.3, 0.4) is 0 Å². The van der Waals surface area contributed by atoms with Gasteiger partial charge in [-0.15, -0.1) is 0 Å². The minimum Gasteiger partial charge on any atom is -0.450 e. The van der Waals surface area contributed by atoms with Crippen LogP contribution in [0, 0.1) is 6.92 Å². The summed E-state index contributed by atoms with van der Waals surface area (Å²) < 4.78 is 44.0. The van der Waals surface area contributed by atoms with Crippen LogP contribution in [0.4, 0.5) is 18.0 Å². The van der Waals surface area contributed by atoms with Crippen LogP contribution in [0.15, 0.2) is 6.07 Å². The van der Waals surface area contributed by atoms with E-state index in [1.807, 2.05) is 0 Å². The van der Waals surface area contributed by atoms with Gasteiger partial charge in [0, 0.05) is 44.8 Å². The Morgan fingerprint density at radius 2 is 1.80 bits per heavy atom. The average Bonchev–Trinajstić information content (AvgIpc) is 2.94. The molecule has 0 bridgehead atoms. The molecule has 1 aliphatic rings. The van der Waals surface area contributed by atoms with Crippen LogP contribution in [-0.2, 0) is 22.3 Å². The Morgan fingerprint density at radius 1 is 1.20 bits per heavy atom.